The van der Waals surface area contributed by atoms with Crippen LogP contribution >= 0.6 is 0 Å². The van der Waals surface area contributed by atoms with Crippen LogP contribution in [0.4, 0.5) is 0 Å². The van der Waals surface area contributed by atoms with Gasteiger partial charge in [0.05, 0.1) is 19.4 Å². The van der Waals surface area contributed by atoms with Crippen LogP contribution in [0, 0.1) is 6.92 Å². The fourth-order valence-corrected chi connectivity index (χ4v) is 3.45. The molecule has 0 spiro atoms. The number of hydrogen-bond acceptors (Lipinski definition) is 4. The number of rotatable bonds is 10. The molecule has 0 fully saturated rings. The van der Waals surface area contributed by atoms with Crippen molar-refractivity contribution >= 4 is 11.8 Å². The van der Waals surface area contributed by atoms with Gasteiger partial charge in [0.1, 0.15) is 0 Å². The molecule has 162 valence electrons. The van der Waals surface area contributed by atoms with Crippen molar-refractivity contribution in [2.24, 2.45) is 0 Å². The molecule has 0 radical (unpaired) electrons. The first kappa shape index (κ1) is 22.5. The summed E-state index contributed by atoms with van der Waals surface area (Å²) in [5.74, 6) is -0.331. The third kappa shape index (κ3) is 6.15. The molecule has 0 saturated carbocycles. The molecule has 5 heteroatoms. The van der Waals surface area contributed by atoms with E-state index in [4.69, 9.17) is 4.74 Å². The fourth-order valence-electron chi connectivity index (χ4n) is 3.45. The van der Waals surface area contributed by atoms with Crippen molar-refractivity contribution in [3.8, 4) is 0 Å². The number of benzene rings is 2. The summed E-state index contributed by atoms with van der Waals surface area (Å²) >= 11 is 0. The van der Waals surface area contributed by atoms with Crippen molar-refractivity contribution < 1.29 is 19.1 Å². The van der Waals surface area contributed by atoms with Gasteiger partial charge in [0.15, 0.2) is 6.10 Å². The maximum atomic E-state index is 12.8. The predicted octanol–water partition coefficient (Wildman–Crippen LogP) is 4.74. The van der Waals surface area contributed by atoms with E-state index >= 15 is 0 Å². The summed E-state index contributed by atoms with van der Waals surface area (Å²) < 4.78 is 12.3. The van der Waals surface area contributed by atoms with Gasteiger partial charge in [0.2, 0.25) is 5.78 Å². The number of methoxy groups -OCH3 is 1. The third-order valence-electron chi connectivity index (χ3n) is 5.26. The summed E-state index contributed by atoms with van der Waals surface area (Å²) in [6.07, 6.45) is 3.16. The molecule has 2 aromatic carbocycles. The van der Waals surface area contributed by atoms with Crippen LogP contribution in [0.25, 0.3) is 0 Å². The smallest absolute Gasteiger partial charge is 0.334 e. The molecule has 1 aromatic heterocycles. The quantitative estimate of drug-likeness (QED) is 0.352. The van der Waals surface area contributed by atoms with Crippen LogP contribution in [0.5, 0.6) is 0 Å². The van der Waals surface area contributed by atoms with Gasteiger partial charge in [-0.25, -0.2) is 4.79 Å². The Balaban J connectivity index is 1.55. The van der Waals surface area contributed by atoms with Crippen molar-refractivity contribution in [3.63, 3.8) is 0 Å². The minimum absolute atomic E-state index is 0.0453. The molecule has 0 unspecified atom stereocenters. The van der Waals surface area contributed by atoms with E-state index in [0.29, 0.717) is 17.9 Å². The van der Waals surface area contributed by atoms with E-state index in [9.17, 15) is 9.59 Å². The molecule has 31 heavy (non-hydrogen) atoms. The van der Waals surface area contributed by atoms with Crippen LogP contribution in [0.3, 0.4) is 0 Å². The van der Waals surface area contributed by atoms with Crippen LogP contribution in [-0.2, 0) is 33.8 Å². The van der Waals surface area contributed by atoms with Crippen LogP contribution in [0.2, 0.25) is 0 Å². The van der Waals surface area contributed by atoms with Crippen LogP contribution in [-0.4, -0.2) is 29.5 Å². The number of ether oxygens (including phenoxy) is 2. The number of aromatic nitrogens is 1. The molecule has 0 amide bonds. The SMILES string of the molecule is COC(=O)[C@H](C)OCc1cccc(CCCn2cccc2C(=O)c2ccc(C)cc2)c1. The minimum Gasteiger partial charge on any atom is -0.467 e. The monoisotopic (exact) mass is 419 g/mol. The Morgan fingerprint density at radius 1 is 1.00 bits per heavy atom. The number of hydrogen-bond donors (Lipinski definition) is 0. The van der Waals surface area contributed by atoms with Crippen molar-refractivity contribution in [3.05, 3.63) is 94.8 Å². The molecule has 3 rings (SSSR count). The van der Waals surface area contributed by atoms with Crippen molar-refractivity contribution in [2.75, 3.05) is 7.11 Å². The molecule has 3 aromatic rings. The van der Waals surface area contributed by atoms with Gasteiger partial charge < -0.3 is 14.0 Å². The van der Waals surface area contributed by atoms with Gasteiger partial charge in [-0.2, -0.15) is 0 Å². The molecule has 0 N–H and O–H groups in total. The second-order valence-electron chi connectivity index (χ2n) is 7.68. The second-order valence-corrected chi connectivity index (χ2v) is 7.68. The number of nitrogens with zero attached hydrogens (tertiary/aromatic N) is 1. The van der Waals surface area contributed by atoms with Gasteiger partial charge in [-0.1, -0.05) is 54.1 Å². The number of carbonyl (C=O) groups is 2. The molecule has 1 heterocycles. The summed E-state index contributed by atoms with van der Waals surface area (Å²) in [7, 11) is 1.35. The molecule has 0 aliphatic heterocycles. The maximum absolute atomic E-state index is 12.8. The van der Waals surface area contributed by atoms with Gasteiger partial charge in [-0.15, -0.1) is 0 Å². The third-order valence-corrected chi connectivity index (χ3v) is 5.26. The normalized spacial score (nSPS) is 11.8. The Labute approximate surface area is 183 Å². The summed E-state index contributed by atoms with van der Waals surface area (Å²) in [5, 5.41) is 0. The zero-order valence-electron chi connectivity index (χ0n) is 18.3. The van der Waals surface area contributed by atoms with E-state index in [1.165, 1.54) is 12.7 Å². The van der Waals surface area contributed by atoms with Crippen molar-refractivity contribution in [1.82, 2.24) is 4.57 Å². The molecule has 0 aliphatic carbocycles. The molecule has 5 nitrogen and oxygen atoms in total. The lowest BCUT2D eigenvalue weighted by atomic mass is 10.1. The molecule has 1 atom stereocenters. The highest BCUT2D eigenvalue weighted by Gasteiger charge is 2.14. The number of ketones is 1. The van der Waals surface area contributed by atoms with E-state index in [-0.39, 0.29) is 11.8 Å². The van der Waals surface area contributed by atoms with Gasteiger partial charge in [0, 0.05) is 18.3 Å². The first-order chi connectivity index (χ1) is 15.0. The topological polar surface area (TPSA) is 57.5 Å². The van der Waals surface area contributed by atoms with E-state index in [0.717, 1.165) is 30.5 Å². The standard InChI is InChI=1S/C26H29NO4/c1-19-11-13-23(14-12-19)25(28)24-10-6-16-27(24)15-5-9-21-7-4-8-22(17-21)18-31-20(2)26(29)30-3/h4,6-8,10-14,16-17,20H,5,9,15,18H2,1-3H3/t20-/m0/s1. The molecular formula is C26H29NO4. The van der Waals surface area contributed by atoms with Crippen molar-refractivity contribution in [1.29, 1.82) is 0 Å². The van der Waals surface area contributed by atoms with Gasteiger partial charge in [-0.3, -0.25) is 4.79 Å². The maximum Gasteiger partial charge on any atom is 0.334 e. The highest BCUT2D eigenvalue weighted by molar-refractivity contribution is 6.08. The number of carbonyl (C=O) groups excluding carboxylic acids is 2. The zero-order valence-corrected chi connectivity index (χ0v) is 18.3. The first-order valence-electron chi connectivity index (χ1n) is 10.5. The second kappa shape index (κ2) is 10.7. The highest BCUT2D eigenvalue weighted by Crippen LogP contribution is 2.15. The Hall–Kier alpha value is -3.18. The predicted molar refractivity (Wildman–Crippen MR) is 120 cm³/mol. The lowest BCUT2D eigenvalue weighted by molar-refractivity contribution is -0.153. The Morgan fingerprint density at radius 2 is 1.74 bits per heavy atom. The average molecular weight is 420 g/mol. The van der Waals surface area contributed by atoms with E-state index in [1.807, 2.05) is 66.2 Å². The summed E-state index contributed by atoms with van der Waals surface area (Å²) in [6.45, 7) is 4.82. The van der Waals surface area contributed by atoms with E-state index in [1.54, 1.807) is 6.92 Å². The Bertz CT molecular complexity index is 1020. The first-order valence-corrected chi connectivity index (χ1v) is 10.5. The lowest BCUT2D eigenvalue weighted by Gasteiger charge is -2.12. The van der Waals surface area contributed by atoms with E-state index < -0.39 is 6.10 Å². The Kier molecular flexibility index (Phi) is 7.79. The van der Waals surface area contributed by atoms with Crippen LogP contribution < -0.4 is 0 Å². The van der Waals surface area contributed by atoms with Crippen LogP contribution in [0.15, 0.2) is 66.9 Å². The lowest BCUT2D eigenvalue weighted by Crippen LogP contribution is -2.21. The zero-order chi connectivity index (χ0) is 22.2. The minimum atomic E-state index is -0.591. The highest BCUT2D eigenvalue weighted by atomic mass is 16.6. The summed E-state index contributed by atoms with van der Waals surface area (Å²) in [4.78, 5) is 24.3. The summed E-state index contributed by atoms with van der Waals surface area (Å²) in [5.41, 5.74) is 4.77. The Morgan fingerprint density at radius 3 is 2.48 bits per heavy atom. The molecule has 0 saturated heterocycles. The number of aryl methyl sites for hydroxylation is 3. The molecular weight excluding hydrogens is 390 g/mol. The van der Waals surface area contributed by atoms with Gasteiger partial charge in [-0.05, 0) is 49.9 Å². The van der Waals surface area contributed by atoms with Gasteiger partial charge >= 0.3 is 5.97 Å². The number of esters is 1. The largest absolute Gasteiger partial charge is 0.467 e. The fraction of sp³-hybridized carbons (Fsp3) is 0.308. The van der Waals surface area contributed by atoms with E-state index in [2.05, 4.69) is 16.9 Å². The van der Waals surface area contributed by atoms with Gasteiger partial charge in [0.25, 0.3) is 0 Å². The molecule has 0 bridgehead atoms. The van der Waals surface area contributed by atoms with Crippen LogP contribution in [0.1, 0.15) is 46.1 Å². The molecule has 0 aliphatic rings. The van der Waals surface area contributed by atoms with Crippen molar-refractivity contribution in [2.45, 2.75) is 45.9 Å². The average Bonchev–Trinajstić information content (AvgIpc) is 3.25. The summed E-state index contributed by atoms with van der Waals surface area (Å²) in [6, 6.07) is 19.6.